The average Bonchev–Trinajstić information content (AvgIpc) is 3.53. The number of carbonyl (C=O) groups excluding carboxylic acids is 2. The molecular weight excluding hydrogens is 789 g/mol. The molecular formula is C55H54O8. The first-order valence-electron chi connectivity index (χ1n) is 21.7. The van der Waals surface area contributed by atoms with Gasteiger partial charge in [0, 0.05) is 40.2 Å². The van der Waals surface area contributed by atoms with Crippen LogP contribution in [0.5, 0.6) is 23.0 Å². The fourth-order valence-electron chi connectivity index (χ4n) is 11.4. The van der Waals surface area contributed by atoms with Crippen LogP contribution in [0.1, 0.15) is 81.2 Å². The van der Waals surface area contributed by atoms with Crippen molar-refractivity contribution in [3.8, 4) is 45.3 Å². The van der Waals surface area contributed by atoms with Gasteiger partial charge >= 0.3 is 11.9 Å². The van der Waals surface area contributed by atoms with E-state index in [-0.39, 0.29) is 29.5 Å². The first-order chi connectivity index (χ1) is 30.3. The zero-order chi connectivity index (χ0) is 44.1. The van der Waals surface area contributed by atoms with Gasteiger partial charge in [-0.1, -0.05) is 113 Å². The Balaban J connectivity index is 1.26. The van der Waals surface area contributed by atoms with E-state index in [0.717, 1.165) is 75.1 Å². The Hall–Kier alpha value is -6.38. The average molecular weight is 843 g/mol. The number of rotatable bonds is 11. The molecule has 0 radical (unpaired) electrons. The zero-order valence-electron chi connectivity index (χ0n) is 37.1. The molecule has 0 saturated heterocycles. The highest BCUT2D eigenvalue weighted by molar-refractivity contribution is 6.10. The minimum atomic E-state index is -1.12. The topological polar surface area (TPSA) is 89.5 Å². The van der Waals surface area contributed by atoms with E-state index < -0.39 is 24.0 Å². The third kappa shape index (κ3) is 7.44. The smallest absolute Gasteiger partial charge is 0.322 e. The highest BCUT2D eigenvalue weighted by Crippen LogP contribution is 2.67. The molecule has 0 amide bonds. The van der Waals surface area contributed by atoms with Crippen LogP contribution in [0.2, 0.25) is 0 Å². The summed E-state index contributed by atoms with van der Waals surface area (Å²) < 4.78 is 35.2. The Morgan fingerprint density at radius 3 is 1.95 bits per heavy atom. The normalized spacial score (nSPS) is 18.5. The van der Waals surface area contributed by atoms with E-state index in [1.807, 2.05) is 42.5 Å². The van der Waals surface area contributed by atoms with E-state index in [1.165, 1.54) is 29.4 Å². The summed E-state index contributed by atoms with van der Waals surface area (Å²) in [5, 5.41) is 2.06. The van der Waals surface area contributed by atoms with Crippen molar-refractivity contribution in [1.29, 1.82) is 0 Å². The summed E-state index contributed by atoms with van der Waals surface area (Å²) in [5.74, 6) is 1.14. The molecule has 1 atom stereocenters. The lowest BCUT2D eigenvalue weighted by atomic mass is 9.52. The Bertz CT molecular complexity index is 2730. The monoisotopic (exact) mass is 842 g/mol. The Morgan fingerprint density at radius 2 is 1.30 bits per heavy atom. The summed E-state index contributed by atoms with van der Waals surface area (Å²) in [4.78, 5) is 25.0. The van der Waals surface area contributed by atoms with Crippen LogP contribution >= 0.6 is 0 Å². The number of hydrogen-bond donors (Lipinski definition) is 0. The molecule has 1 heterocycles. The van der Waals surface area contributed by atoms with Crippen LogP contribution in [0.25, 0.3) is 39.1 Å². The van der Waals surface area contributed by atoms with Gasteiger partial charge in [-0.15, -0.1) is 0 Å². The van der Waals surface area contributed by atoms with Crippen LogP contribution in [0, 0.1) is 10.8 Å². The van der Waals surface area contributed by atoms with Crippen LogP contribution in [-0.4, -0.2) is 46.5 Å². The molecule has 3 aliphatic rings. The van der Waals surface area contributed by atoms with Crippen LogP contribution in [0.3, 0.4) is 0 Å². The summed E-state index contributed by atoms with van der Waals surface area (Å²) in [6.45, 7) is 10.0. The molecule has 8 nitrogen and oxygen atoms in total. The van der Waals surface area contributed by atoms with Crippen molar-refractivity contribution in [3.05, 3.63) is 149 Å². The van der Waals surface area contributed by atoms with Gasteiger partial charge in [-0.2, -0.15) is 0 Å². The van der Waals surface area contributed by atoms with Gasteiger partial charge in [-0.05, 0) is 106 Å². The molecule has 1 unspecified atom stereocenters. The van der Waals surface area contributed by atoms with Crippen molar-refractivity contribution in [2.24, 2.45) is 10.8 Å². The Labute approximate surface area is 369 Å². The van der Waals surface area contributed by atoms with Crippen LogP contribution in [-0.2, 0) is 30.1 Å². The third-order valence-corrected chi connectivity index (χ3v) is 13.0. The van der Waals surface area contributed by atoms with Crippen LogP contribution in [0.4, 0.5) is 0 Å². The molecule has 0 N–H and O–H groups in total. The van der Waals surface area contributed by atoms with Gasteiger partial charge in [0.1, 0.15) is 36.0 Å². The zero-order valence-corrected chi connectivity index (χ0v) is 37.1. The Kier molecular flexibility index (Phi) is 10.7. The fraction of sp³-hybridized carbons (Fsp3) is 0.309. The van der Waals surface area contributed by atoms with Gasteiger partial charge in [0.15, 0.2) is 5.60 Å². The summed E-state index contributed by atoms with van der Waals surface area (Å²) in [5.41, 5.74) is 8.80. The number of ether oxygens (including phenoxy) is 6. The van der Waals surface area contributed by atoms with Crippen molar-refractivity contribution in [3.63, 3.8) is 0 Å². The molecule has 8 heteroatoms. The van der Waals surface area contributed by atoms with Gasteiger partial charge in [-0.25, -0.2) is 0 Å². The quantitative estimate of drug-likeness (QED) is 0.0551. The second-order valence-electron chi connectivity index (χ2n) is 18.7. The lowest BCUT2D eigenvalue weighted by molar-refractivity contribution is -0.151. The molecule has 1 fully saturated rings. The molecule has 9 rings (SSSR count). The van der Waals surface area contributed by atoms with Crippen molar-refractivity contribution < 1.29 is 38.0 Å². The second kappa shape index (κ2) is 16.1. The van der Waals surface area contributed by atoms with Crippen molar-refractivity contribution in [2.75, 3.05) is 34.5 Å². The lowest BCUT2D eigenvalue weighted by Crippen LogP contribution is -2.44. The lowest BCUT2D eigenvalue weighted by Gasteiger charge is -2.52. The fourth-order valence-corrected chi connectivity index (χ4v) is 11.4. The Morgan fingerprint density at radius 1 is 0.651 bits per heavy atom. The van der Waals surface area contributed by atoms with E-state index in [0.29, 0.717) is 5.75 Å². The predicted molar refractivity (Wildman–Crippen MR) is 247 cm³/mol. The van der Waals surface area contributed by atoms with Crippen LogP contribution < -0.4 is 18.9 Å². The maximum Gasteiger partial charge on any atom is 0.322 e. The largest absolute Gasteiger partial charge is 0.497 e. The van der Waals surface area contributed by atoms with E-state index in [9.17, 15) is 9.59 Å². The number of hydrogen-bond acceptors (Lipinski definition) is 8. The van der Waals surface area contributed by atoms with Crippen molar-refractivity contribution in [1.82, 2.24) is 0 Å². The van der Waals surface area contributed by atoms with Crippen LogP contribution in [0.15, 0.2) is 121 Å². The molecule has 322 valence electrons. The minimum Gasteiger partial charge on any atom is -0.497 e. The van der Waals surface area contributed by atoms with Gasteiger partial charge in [-0.3, -0.25) is 9.59 Å². The van der Waals surface area contributed by atoms with Gasteiger partial charge in [0.2, 0.25) is 0 Å². The molecule has 0 bridgehead atoms. The second-order valence-corrected chi connectivity index (χ2v) is 18.7. The van der Waals surface area contributed by atoms with E-state index in [2.05, 4.69) is 101 Å². The highest BCUT2D eigenvalue weighted by atomic mass is 16.6. The molecule has 0 aromatic heterocycles. The first-order valence-corrected chi connectivity index (χ1v) is 21.7. The van der Waals surface area contributed by atoms with Gasteiger partial charge in [0.25, 0.3) is 0 Å². The summed E-state index contributed by atoms with van der Waals surface area (Å²) in [7, 11) is 4.89. The third-order valence-electron chi connectivity index (χ3n) is 13.0. The number of fused-ring (bicyclic) bond motifs is 10. The highest BCUT2D eigenvalue weighted by Gasteiger charge is 2.55. The molecule has 1 saturated carbocycles. The maximum absolute atomic E-state index is 12.8. The number of benzene rings is 6. The molecule has 6 aromatic rings. The van der Waals surface area contributed by atoms with Gasteiger partial charge in [0.05, 0.1) is 20.8 Å². The minimum absolute atomic E-state index is 0.0599. The maximum atomic E-state index is 12.8. The first kappa shape index (κ1) is 41.9. The summed E-state index contributed by atoms with van der Waals surface area (Å²) in [6.07, 6.45) is 7.05. The van der Waals surface area contributed by atoms with Crippen molar-refractivity contribution in [2.45, 2.75) is 64.4 Å². The molecule has 1 aliphatic heterocycles. The van der Waals surface area contributed by atoms with E-state index in [4.69, 9.17) is 28.4 Å². The molecule has 1 spiro atoms. The predicted octanol–water partition coefficient (Wildman–Crippen LogP) is 11.9. The molecule has 2 aliphatic carbocycles. The summed E-state index contributed by atoms with van der Waals surface area (Å²) >= 11 is 0. The number of carbonyl (C=O) groups is 2. The molecule has 6 aromatic carbocycles. The number of methoxy groups -OCH3 is 3. The SMILES string of the molecule is COCCOC(=O)CC(=O)Oc1ccc(C2(c3ccc(OC)cc3)C=Cc3c4c(c5cc(-c6ccccc6)c(OC)cc5c3O2)-c2ccccc2C42CC(C)(C)CC(C)(C)C2)cc1. The van der Waals surface area contributed by atoms with E-state index in [1.54, 1.807) is 26.4 Å². The summed E-state index contributed by atoms with van der Waals surface area (Å²) in [6, 6.07) is 39.2. The van der Waals surface area contributed by atoms with Gasteiger partial charge < -0.3 is 28.4 Å². The van der Waals surface area contributed by atoms with Crippen molar-refractivity contribution >= 4 is 28.8 Å². The number of esters is 2. The standard InChI is InChI=1S/C55H54O8/c1-52(2)32-53(3,4)34-54(33-52)45-16-12-11-15-40(45)49-43-29-42(35-13-9-8-10-14-35)46(60-7)30-44(43)51-41(50(49)54)25-26-55(63-51,36-17-21-38(59-6)22-18-36)37-19-23-39(24-20-37)62-48(57)31-47(56)61-28-27-58-5/h8-26,29-30H,27-28,31-34H2,1-7H3. The molecule has 63 heavy (non-hydrogen) atoms. The van der Waals surface area contributed by atoms with E-state index >= 15 is 0 Å².